The molecule has 1 fully saturated rings. The lowest BCUT2D eigenvalue weighted by molar-refractivity contribution is -0.384. The van der Waals surface area contributed by atoms with Crippen LogP contribution in [0.1, 0.15) is 33.6 Å². The number of anilines is 2. The van der Waals surface area contributed by atoms with E-state index in [9.17, 15) is 19.7 Å². The number of hydrogen-bond acceptors (Lipinski definition) is 5. The number of rotatable bonds is 6. The Morgan fingerprint density at radius 1 is 1.04 bits per heavy atom. The van der Waals surface area contributed by atoms with Gasteiger partial charge in [0.2, 0.25) is 0 Å². The molecule has 1 saturated carbocycles. The quantitative estimate of drug-likeness (QED) is 0.545. The molecule has 0 aromatic heterocycles. The van der Waals surface area contributed by atoms with Crippen LogP contribution in [0.3, 0.4) is 0 Å². The van der Waals surface area contributed by atoms with Crippen LogP contribution in [0.4, 0.5) is 17.1 Å². The Morgan fingerprint density at radius 3 is 2.42 bits per heavy atom. The SMILES string of the molecule is CNc1ccc([N+](=O)[O-])cc1C(=O)Nc1ccccc1C(=O)NC1CC1. The number of amides is 2. The summed E-state index contributed by atoms with van der Waals surface area (Å²) < 4.78 is 0. The Kier molecular flexibility index (Phi) is 4.83. The van der Waals surface area contributed by atoms with Gasteiger partial charge in [0.1, 0.15) is 0 Å². The molecule has 1 aliphatic carbocycles. The highest BCUT2D eigenvalue weighted by Crippen LogP contribution is 2.25. The topological polar surface area (TPSA) is 113 Å². The third-order valence-corrected chi connectivity index (χ3v) is 4.06. The number of para-hydroxylation sites is 1. The van der Waals surface area contributed by atoms with Gasteiger partial charge in [-0.2, -0.15) is 0 Å². The van der Waals surface area contributed by atoms with Gasteiger partial charge in [-0.15, -0.1) is 0 Å². The molecule has 8 nitrogen and oxygen atoms in total. The van der Waals surface area contributed by atoms with Crippen LogP contribution in [0.2, 0.25) is 0 Å². The average Bonchev–Trinajstić information content (AvgIpc) is 3.45. The normalized spacial score (nSPS) is 13.0. The van der Waals surface area contributed by atoms with Crippen molar-refractivity contribution in [1.82, 2.24) is 5.32 Å². The van der Waals surface area contributed by atoms with Crippen LogP contribution in [-0.4, -0.2) is 29.8 Å². The molecule has 3 N–H and O–H groups in total. The highest BCUT2D eigenvalue weighted by Gasteiger charge is 2.25. The average molecular weight is 354 g/mol. The number of non-ortho nitro benzene ring substituents is 1. The molecule has 0 saturated heterocycles. The highest BCUT2D eigenvalue weighted by atomic mass is 16.6. The molecule has 2 aromatic rings. The minimum Gasteiger partial charge on any atom is -0.387 e. The predicted octanol–water partition coefficient (Wildman–Crippen LogP) is 2.78. The first-order valence-corrected chi connectivity index (χ1v) is 8.17. The molecule has 0 spiro atoms. The summed E-state index contributed by atoms with van der Waals surface area (Å²) in [5.74, 6) is -0.791. The lowest BCUT2D eigenvalue weighted by Crippen LogP contribution is -2.27. The number of nitro groups is 1. The van der Waals surface area contributed by atoms with Crippen molar-refractivity contribution in [3.05, 3.63) is 63.7 Å². The molecular formula is C18H18N4O4. The molecular weight excluding hydrogens is 336 g/mol. The molecule has 0 radical (unpaired) electrons. The van der Waals surface area contributed by atoms with Gasteiger partial charge >= 0.3 is 0 Å². The number of nitrogens with zero attached hydrogens (tertiary/aromatic N) is 1. The molecule has 0 heterocycles. The second kappa shape index (κ2) is 7.22. The summed E-state index contributed by atoms with van der Waals surface area (Å²) in [6.07, 6.45) is 1.92. The van der Waals surface area contributed by atoms with Gasteiger partial charge < -0.3 is 16.0 Å². The standard InChI is InChI=1S/C18H18N4O4/c1-19-15-9-8-12(22(25)26)10-14(15)18(24)21-16-5-3-2-4-13(16)17(23)20-11-6-7-11/h2-5,8-11,19H,6-7H2,1H3,(H,20,23)(H,21,24). The van der Waals surface area contributed by atoms with Crippen LogP contribution < -0.4 is 16.0 Å². The van der Waals surface area contributed by atoms with Gasteiger partial charge in [0.15, 0.2) is 0 Å². The van der Waals surface area contributed by atoms with Crippen molar-refractivity contribution in [3.8, 4) is 0 Å². The summed E-state index contributed by atoms with van der Waals surface area (Å²) in [7, 11) is 1.62. The van der Waals surface area contributed by atoms with Crippen molar-refractivity contribution in [3.63, 3.8) is 0 Å². The number of benzene rings is 2. The molecule has 0 atom stereocenters. The Bertz CT molecular complexity index is 877. The van der Waals surface area contributed by atoms with E-state index in [0.717, 1.165) is 12.8 Å². The lowest BCUT2D eigenvalue weighted by atomic mass is 10.1. The Balaban J connectivity index is 1.87. The molecule has 3 rings (SSSR count). The second-order valence-electron chi connectivity index (χ2n) is 5.98. The Hall–Kier alpha value is -3.42. The van der Waals surface area contributed by atoms with Gasteiger partial charge in [-0.25, -0.2) is 0 Å². The fourth-order valence-corrected chi connectivity index (χ4v) is 2.52. The van der Waals surface area contributed by atoms with Gasteiger partial charge in [0.05, 0.1) is 21.7 Å². The smallest absolute Gasteiger partial charge is 0.270 e. The number of nitro benzene ring substituents is 1. The van der Waals surface area contributed by atoms with Gasteiger partial charge in [0.25, 0.3) is 17.5 Å². The van der Waals surface area contributed by atoms with Gasteiger partial charge in [0, 0.05) is 30.9 Å². The van der Waals surface area contributed by atoms with Crippen molar-refractivity contribution in [2.45, 2.75) is 18.9 Å². The Labute approximate surface area is 149 Å². The maximum absolute atomic E-state index is 12.7. The van der Waals surface area contributed by atoms with E-state index in [1.165, 1.54) is 18.2 Å². The summed E-state index contributed by atoms with van der Waals surface area (Å²) in [5, 5.41) is 19.4. The van der Waals surface area contributed by atoms with Crippen LogP contribution in [-0.2, 0) is 0 Å². The van der Waals surface area contributed by atoms with Crippen LogP contribution in [0.25, 0.3) is 0 Å². The van der Waals surface area contributed by atoms with E-state index >= 15 is 0 Å². The Morgan fingerprint density at radius 2 is 1.77 bits per heavy atom. The number of carbonyl (C=O) groups excluding carboxylic acids is 2. The first-order chi connectivity index (χ1) is 12.5. The molecule has 0 aliphatic heterocycles. The first-order valence-electron chi connectivity index (χ1n) is 8.17. The minimum absolute atomic E-state index is 0.124. The minimum atomic E-state index is -0.562. The summed E-state index contributed by atoms with van der Waals surface area (Å²) in [5.41, 5.74) is 1.09. The monoisotopic (exact) mass is 354 g/mol. The molecule has 1 aliphatic rings. The van der Waals surface area contributed by atoms with Gasteiger partial charge in [-0.1, -0.05) is 12.1 Å². The lowest BCUT2D eigenvalue weighted by Gasteiger charge is -2.13. The first kappa shape index (κ1) is 17.4. The van der Waals surface area contributed by atoms with Crippen LogP contribution >= 0.6 is 0 Å². The van der Waals surface area contributed by atoms with Crippen molar-refractivity contribution in [1.29, 1.82) is 0 Å². The van der Waals surface area contributed by atoms with E-state index in [4.69, 9.17) is 0 Å². The third kappa shape index (κ3) is 3.80. The van der Waals surface area contributed by atoms with Crippen molar-refractivity contribution in [2.24, 2.45) is 0 Å². The van der Waals surface area contributed by atoms with Gasteiger partial charge in [-0.3, -0.25) is 19.7 Å². The third-order valence-electron chi connectivity index (χ3n) is 4.06. The van der Waals surface area contributed by atoms with E-state index in [2.05, 4.69) is 16.0 Å². The fourth-order valence-electron chi connectivity index (χ4n) is 2.52. The number of hydrogen-bond donors (Lipinski definition) is 3. The molecule has 134 valence electrons. The molecule has 26 heavy (non-hydrogen) atoms. The van der Waals surface area contributed by atoms with E-state index in [1.807, 2.05) is 0 Å². The second-order valence-corrected chi connectivity index (χ2v) is 5.98. The number of nitrogens with one attached hydrogen (secondary N) is 3. The summed E-state index contributed by atoms with van der Waals surface area (Å²) in [6, 6.07) is 10.8. The fraction of sp³-hybridized carbons (Fsp3) is 0.222. The number of carbonyl (C=O) groups is 2. The highest BCUT2D eigenvalue weighted by molar-refractivity contribution is 6.11. The van der Waals surface area contributed by atoms with E-state index in [1.54, 1.807) is 31.3 Å². The molecule has 0 unspecified atom stereocenters. The zero-order valence-electron chi connectivity index (χ0n) is 14.1. The zero-order valence-corrected chi connectivity index (χ0v) is 14.1. The van der Waals surface area contributed by atoms with Crippen LogP contribution in [0.5, 0.6) is 0 Å². The largest absolute Gasteiger partial charge is 0.387 e. The van der Waals surface area contributed by atoms with Crippen molar-refractivity contribution in [2.75, 3.05) is 17.7 Å². The molecule has 2 amide bonds. The molecule has 0 bridgehead atoms. The van der Waals surface area contributed by atoms with Crippen molar-refractivity contribution >= 4 is 28.9 Å². The summed E-state index contributed by atoms with van der Waals surface area (Å²) >= 11 is 0. The van der Waals surface area contributed by atoms with Gasteiger partial charge in [-0.05, 0) is 31.0 Å². The van der Waals surface area contributed by atoms with Crippen molar-refractivity contribution < 1.29 is 14.5 Å². The van der Waals surface area contributed by atoms with E-state index < -0.39 is 10.8 Å². The molecule has 8 heteroatoms. The predicted molar refractivity (Wildman–Crippen MR) is 97.5 cm³/mol. The summed E-state index contributed by atoms with van der Waals surface area (Å²) in [4.78, 5) is 35.4. The molecule has 2 aromatic carbocycles. The summed E-state index contributed by atoms with van der Waals surface area (Å²) in [6.45, 7) is 0. The maximum Gasteiger partial charge on any atom is 0.270 e. The maximum atomic E-state index is 12.7. The van der Waals surface area contributed by atoms with E-state index in [0.29, 0.717) is 16.9 Å². The van der Waals surface area contributed by atoms with Crippen LogP contribution in [0, 0.1) is 10.1 Å². The van der Waals surface area contributed by atoms with Crippen LogP contribution in [0.15, 0.2) is 42.5 Å². The zero-order chi connectivity index (χ0) is 18.7. The van der Waals surface area contributed by atoms with E-state index in [-0.39, 0.29) is 23.2 Å².